The number of hydrogen-bond acceptors (Lipinski definition) is 3. The van der Waals surface area contributed by atoms with Gasteiger partial charge in [0.05, 0.1) is 0 Å². The second-order valence-electron chi connectivity index (χ2n) is 7.52. The molecule has 3 rings (SSSR count). The second-order valence-corrected chi connectivity index (χ2v) is 8.44. The van der Waals surface area contributed by atoms with E-state index in [9.17, 15) is 4.79 Å². The van der Waals surface area contributed by atoms with Gasteiger partial charge in [-0.05, 0) is 61.8 Å². The molecule has 3 aromatic rings. The monoisotopic (exact) mass is 395 g/mol. The van der Waals surface area contributed by atoms with Gasteiger partial charge >= 0.3 is 6.03 Å². The van der Waals surface area contributed by atoms with Crippen LogP contribution in [0.3, 0.4) is 0 Å². The van der Waals surface area contributed by atoms with E-state index in [1.807, 2.05) is 25.1 Å². The SMILES string of the molecule is CC(Cc1ccccc1)NC(=O)NCC(Cc1csc2ccccc12)N(C)C. The van der Waals surface area contributed by atoms with E-state index in [0.717, 1.165) is 12.8 Å². The first-order valence-electron chi connectivity index (χ1n) is 9.72. The van der Waals surface area contributed by atoms with Crippen molar-refractivity contribution in [1.82, 2.24) is 15.5 Å². The number of nitrogens with one attached hydrogen (secondary N) is 2. The second kappa shape index (κ2) is 9.71. The molecule has 0 saturated carbocycles. The molecule has 2 atom stereocenters. The average molecular weight is 396 g/mol. The largest absolute Gasteiger partial charge is 0.337 e. The van der Waals surface area contributed by atoms with E-state index in [-0.39, 0.29) is 18.1 Å². The molecule has 2 amide bonds. The lowest BCUT2D eigenvalue weighted by molar-refractivity contribution is 0.229. The summed E-state index contributed by atoms with van der Waals surface area (Å²) in [6.07, 6.45) is 1.74. The Balaban J connectivity index is 1.52. The van der Waals surface area contributed by atoms with Crippen LogP contribution in [0.2, 0.25) is 0 Å². The van der Waals surface area contributed by atoms with Gasteiger partial charge in [-0.1, -0.05) is 48.5 Å². The van der Waals surface area contributed by atoms with Crippen molar-refractivity contribution < 1.29 is 4.79 Å². The molecule has 5 heteroatoms. The quantitative estimate of drug-likeness (QED) is 0.597. The molecule has 4 nitrogen and oxygen atoms in total. The summed E-state index contributed by atoms with van der Waals surface area (Å²) in [5.74, 6) is 0. The molecule has 0 aliphatic rings. The third-order valence-electron chi connectivity index (χ3n) is 5.01. The zero-order valence-corrected chi connectivity index (χ0v) is 17.6. The summed E-state index contributed by atoms with van der Waals surface area (Å²) < 4.78 is 1.32. The van der Waals surface area contributed by atoms with Crippen molar-refractivity contribution in [3.63, 3.8) is 0 Å². The molecule has 0 radical (unpaired) electrons. The lowest BCUT2D eigenvalue weighted by Gasteiger charge is -2.25. The van der Waals surface area contributed by atoms with Gasteiger partial charge in [-0.25, -0.2) is 4.79 Å². The molecule has 0 aliphatic carbocycles. The number of carbonyl (C=O) groups excluding carboxylic acids is 1. The summed E-state index contributed by atoms with van der Waals surface area (Å²) in [6, 6.07) is 19.0. The highest BCUT2D eigenvalue weighted by molar-refractivity contribution is 7.17. The number of urea groups is 1. The van der Waals surface area contributed by atoms with Crippen LogP contribution in [-0.4, -0.2) is 43.7 Å². The average Bonchev–Trinajstić information content (AvgIpc) is 3.08. The van der Waals surface area contributed by atoms with Crippen LogP contribution in [0, 0.1) is 0 Å². The summed E-state index contributed by atoms with van der Waals surface area (Å²) in [5.41, 5.74) is 2.57. The van der Waals surface area contributed by atoms with Crippen molar-refractivity contribution in [1.29, 1.82) is 0 Å². The molecule has 148 valence electrons. The van der Waals surface area contributed by atoms with E-state index in [0.29, 0.717) is 6.54 Å². The minimum Gasteiger partial charge on any atom is -0.337 e. The van der Waals surface area contributed by atoms with E-state index < -0.39 is 0 Å². The lowest BCUT2D eigenvalue weighted by Crippen LogP contribution is -2.47. The van der Waals surface area contributed by atoms with Crippen molar-refractivity contribution >= 4 is 27.5 Å². The summed E-state index contributed by atoms with van der Waals surface area (Å²) in [4.78, 5) is 14.5. The molecular weight excluding hydrogens is 366 g/mol. The number of carbonyl (C=O) groups is 1. The number of fused-ring (bicyclic) bond motifs is 1. The maximum absolute atomic E-state index is 12.3. The Hall–Kier alpha value is -2.37. The minimum absolute atomic E-state index is 0.0843. The Morgan fingerprint density at radius 2 is 1.75 bits per heavy atom. The lowest BCUT2D eigenvalue weighted by atomic mass is 10.0. The number of likely N-dealkylation sites (N-methyl/N-ethyl adjacent to an activating group) is 1. The summed E-state index contributed by atoms with van der Waals surface area (Å²) in [6.45, 7) is 2.65. The fourth-order valence-corrected chi connectivity index (χ4v) is 4.36. The van der Waals surface area contributed by atoms with Crippen LogP contribution in [-0.2, 0) is 12.8 Å². The number of benzene rings is 2. The van der Waals surface area contributed by atoms with Gasteiger partial charge in [0.2, 0.25) is 0 Å². The standard InChI is InChI=1S/C23H29N3OS/c1-17(13-18-9-5-4-6-10-18)25-23(27)24-15-20(26(2)3)14-19-16-28-22-12-8-7-11-21(19)22/h4-12,16-17,20H,13-15H2,1-3H3,(H2,24,25,27). The maximum Gasteiger partial charge on any atom is 0.315 e. The van der Waals surface area contributed by atoms with E-state index in [1.165, 1.54) is 21.2 Å². The Labute approximate surface area is 171 Å². The fourth-order valence-electron chi connectivity index (χ4n) is 3.39. The summed E-state index contributed by atoms with van der Waals surface area (Å²) in [5, 5.41) is 9.66. The van der Waals surface area contributed by atoms with Gasteiger partial charge in [0, 0.05) is 23.3 Å². The molecule has 0 fully saturated rings. The Kier molecular flexibility index (Phi) is 7.06. The summed E-state index contributed by atoms with van der Waals surface area (Å²) >= 11 is 1.78. The van der Waals surface area contributed by atoms with Crippen LogP contribution in [0.1, 0.15) is 18.1 Å². The topological polar surface area (TPSA) is 44.4 Å². The molecule has 28 heavy (non-hydrogen) atoms. The molecule has 2 unspecified atom stereocenters. The molecule has 0 spiro atoms. The van der Waals surface area contributed by atoms with E-state index in [2.05, 4.69) is 71.4 Å². The highest BCUT2D eigenvalue weighted by Gasteiger charge is 2.16. The van der Waals surface area contributed by atoms with Crippen LogP contribution >= 0.6 is 11.3 Å². The predicted molar refractivity (Wildman–Crippen MR) is 119 cm³/mol. The van der Waals surface area contributed by atoms with Crippen molar-refractivity contribution in [2.24, 2.45) is 0 Å². The normalized spacial score (nSPS) is 13.4. The Morgan fingerprint density at radius 1 is 1.04 bits per heavy atom. The molecule has 1 heterocycles. The van der Waals surface area contributed by atoms with Gasteiger partial charge in [0.25, 0.3) is 0 Å². The highest BCUT2D eigenvalue weighted by atomic mass is 32.1. The molecule has 0 bridgehead atoms. The maximum atomic E-state index is 12.3. The van der Waals surface area contributed by atoms with Crippen molar-refractivity contribution in [3.05, 3.63) is 71.1 Å². The molecule has 1 aromatic heterocycles. The third kappa shape index (κ3) is 5.57. The minimum atomic E-state index is -0.106. The smallest absolute Gasteiger partial charge is 0.315 e. The Bertz CT molecular complexity index is 891. The van der Waals surface area contributed by atoms with Crippen LogP contribution in [0.25, 0.3) is 10.1 Å². The highest BCUT2D eigenvalue weighted by Crippen LogP contribution is 2.27. The predicted octanol–water partition coefficient (Wildman–Crippen LogP) is 4.30. The van der Waals surface area contributed by atoms with Gasteiger partial charge in [-0.15, -0.1) is 11.3 Å². The molecular formula is C23H29N3OS. The number of amides is 2. The molecule has 2 N–H and O–H groups in total. The Morgan fingerprint density at radius 3 is 2.50 bits per heavy atom. The number of nitrogens with zero attached hydrogens (tertiary/aromatic N) is 1. The first-order valence-corrected chi connectivity index (χ1v) is 10.6. The van der Waals surface area contributed by atoms with Crippen molar-refractivity contribution in [2.45, 2.75) is 31.8 Å². The van der Waals surface area contributed by atoms with Crippen molar-refractivity contribution in [2.75, 3.05) is 20.6 Å². The third-order valence-corrected chi connectivity index (χ3v) is 6.02. The van der Waals surface area contributed by atoms with Gasteiger partial charge < -0.3 is 15.5 Å². The van der Waals surface area contributed by atoms with Crippen LogP contribution in [0.4, 0.5) is 4.79 Å². The zero-order valence-electron chi connectivity index (χ0n) is 16.8. The van der Waals surface area contributed by atoms with Crippen LogP contribution in [0.15, 0.2) is 60.0 Å². The van der Waals surface area contributed by atoms with E-state index >= 15 is 0 Å². The number of rotatable bonds is 8. The molecule has 2 aromatic carbocycles. The molecule has 0 saturated heterocycles. The first kappa shape index (κ1) is 20.4. The fraction of sp³-hybridized carbons (Fsp3) is 0.348. The summed E-state index contributed by atoms with van der Waals surface area (Å²) in [7, 11) is 4.13. The number of hydrogen-bond donors (Lipinski definition) is 2. The van der Waals surface area contributed by atoms with Gasteiger partial charge in [0.1, 0.15) is 0 Å². The molecule has 0 aliphatic heterocycles. The van der Waals surface area contributed by atoms with Crippen LogP contribution in [0.5, 0.6) is 0 Å². The van der Waals surface area contributed by atoms with E-state index in [1.54, 1.807) is 11.3 Å². The van der Waals surface area contributed by atoms with Gasteiger partial charge in [0.15, 0.2) is 0 Å². The zero-order chi connectivity index (χ0) is 19.9. The van der Waals surface area contributed by atoms with Crippen molar-refractivity contribution in [3.8, 4) is 0 Å². The van der Waals surface area contributed by atoms with Gasteiger partial charge in [-0.3, -0.25) is 0 Å². The first-order chi connectivity index (χ1) is 13.5. The van der Waals surface area contributed by atoms with E-state index in [4.69, 9.17) is 0 Å². The number of thiophene rings is 1. The van der Waals surface area contributed by atoms with Gasteiger partial charge in [-0.2, -0.15) is 0 Å². The van der Waals surface area contributed by atoms with Crippen LogP contribution < -0.4 is 10.6 Å².